The number of anilines is 1. The van der Waals surface area contributed by atoms with Gasteiger partial charge in [0.2, 0.25) is 0 Å². The highest BCUT2D eigenvalue weighted by atomic mass is 15.4. The minimum Gasteiger partial charge on any atom is -0.365 e. The Bertz CT molecular complexity index is 660. The van der Waals surface area contributed by atoms with E-state index in [1.807, 2.05) is 23.6 Å². The number of hydrogen-bond donors (Lipinski definition) is 1. The van der Waals surface area contributed by atoms with E-state index in [-0.39, 0.29) is 0 Å². The third-order valence-electron chi connectivity index (χ3n) is 5.31. The monoisotopic (exact) mass is 314 g/mol. The van der Waals surface area contributed by atoms with Crippen molar-refractivity contribution in [1.29, 1.82) is 0 Å². The molecule has 1 saturated heterocycles. The Labute approximate surface area is 137 Å². The molecule has 0 spiro atoms. The molecule has 124 valence electrons. The quantitative estimate of drug-likeness (QED) is 0.944. The van der Waals surface area contributed by atoms with Crippen LogP contribution in [0, 0.1) is 6.92 Å². The van der Waals surface area contributed by atoms with Gasteiger partial charge in [-0.3, -0.25) is 4.90 Å². The Morgan fingerprint density at radius 2 is 1.91 bits per heavy atom. The SMILES string of the molecule is Cc1nnc2ccc(NC3CCCN(C4CCCCC4)C3)nn12. The molecule has 6 nitrogen and oxygen atoms in total. The fourth-order valence-electron chi connectivity index (χ4n) is 4.08. The Balaban J connectivity index is 1.43. The molecule has 1 unspecified atom stereocenters. The number of hydrogen-bond acceptors (Lipinski definition) is 5. The van der Waals surface area contributed by atoms with Gasteiger partial charge in [-0.05, 0) is 51.3 Å². The van der Waals surface area contributed by atoms with E-state index in [1.165, 1.54) is 51.5 Å². The summed E-state index contributed by atoms with van der Waals surface area (Å²) in [7, 11) is 0. The molecule has 3 heterocycles. The molecule has 0 aromatic carbocycles. The molecule has 2 aromatic rings. The summed E-state index contributed by atoms with van der Waals surface area (Å²) in [5.41, 5.74) is 0.806. The predicted octanol–water partition coefficient (Wildman–Crippen LogP) is 2.64. The van der Waals surface area contributed by atoms with E-state index in [0.29, 0.717) is 6.04 Å². The standard InChI is InChI=1S/C17H26N6/c1-13-19-20-17-10-9-16(21-23(13)17)18-14-6-5-11-22(12-14)15-7-3-2-4-8-15/h9-10,14-15H,2-8,11-12H2,1H3,(H,18,21). The lowest BCUT2D eigenvalue weighted by atomic mass is 9.92. The van der Waals surface area contributed by atoms with Gasteiger partial charge in [-0.25, -0.2) is 0 Å². The van der Waals surface area contributed by atoms with Crippen molar-refractivity contribution < 1.29 is 0 Å². The van der Waals surface area contributed by atoms with Gasteiger partial charge in [0.25, 0.3) is 0 Å². The zero-order valence-electron chi connectivity index (χ0n) is 13.9. The number of piperidine rings is 1. The van der Waals surface area contributed by atoms with Crippen LogP contribution in [0.25, 0.3) is 5.65 Å². The first-order chi connectivity index (χ1) is 11.3. The largest absolute Gasteiger partial charge is 0.365 e. The minimum absolute atomic E-state index is 0.493. The van der Waals surface area contributed by atoms with Crippen LogP contribution in [0.5, 0.6) is 0 Å². The summed E-state index contributed by atoms with van der Waals surface area (Å²) < 4.78 is 1.81. The van der Waals surface area contributed by atoms with E-state index in [1.54, 1.807) is 0 Å². The van der Waals surface area contributed by atoms with Crippen LogP contribution in [0.15, 0.2) is 12.1 Å². The third-order valence-corrected chi connectivity index (χ3v) is 5.31. The molecule has 0 radical (unpaired) electrons. The Kier molecular flexibility index (Phi) is 4.16. The average molecular weight is 314 g/mol. The number of nitrogens with zero attached hydrogens (tertiary/aromatic N) is 5. The van der Waals surface area contributed by atoms with Crippen LogP contribution >= 0.6 is 0 Å². The summed E-state index contributed by atoms with van der Waals surface area (Å²) in [6, 6.07) is 5.30. The zero-order valence-corrected chi connectivity index (χ0v) is 13.9. The zero-order chi connectivity index (χ0) is 15.6. The highest BCUT2D eigenvalue weighted by Crippen LogP contribution is 2.26. The van der Waals surface area contributed by atoms with Gasteiger partial charge in [-0.15, -0.1) is 15.3 Å². The van der Waals surface area contributed by atoms with Crippen LogP contribution in [-0.4, -0.2) is 49.9 Å². The molecule has 0 amide bonds. The lowest BCUT2D eigenvalue weighted by Gasteiger charge is -2.40. The van der Waals surface area contributed by atoms with Crippen molar-refractivity contribution in [1.82, 2.24) is 24.7 Å². The molecule has 1 atom stereocenters. The van der Waals surface area contributed by atoms with E-state index < -0.39 is 0 Å². The van der Waals surface area contributed by atoms with Crippen LogP contribution in [-0.2, 0) is 0 Å². The number of rotatable bonds is 3. The van der Waals surface area contributed by atoms with Crippen molar-refractivity contribution in [2.75, 3.05) is 18.4 Å². The predicted molar refractivity (Wildman–Crippen MR) is 90.6 cm³/mol. The maximum atomic E-state index is 4.63. The molecule has 1 aliphatic carbocycles. The maximum Gasteiger partial charge on any atom is 0.178 e. The Morgan fingerprint density at radius 3 is 2.78 bits per heavy atom. The second-order valence-corrected chi connectivity index (χ2v) is 7.01. The Morgan fingerprint density at radius 1 is 1.04 bits per heavy atom. The van der Waals surface area contributed by atoms with Crippen molar-refractivity contribution in [3.63, 3.8) is 0 Å². The number of fused-ring (bicyclic) bond motifs is 1. The number of aromatic nitrogens is 4. The number of aryl methyl sites for hydroxylation is 1. The Hall–Kier alpha value is -1.69. The molecule has 2 fully saturated rings. The van der Waals surface area contributed by atoms with E-state index in [2.05, 4.69) is 25.5 Å². The van der Waals surface area contributed by atoms with E-state index in [9.17, 15) is 0 Å². The first kappa shape index (κ1) is 14.9. The van der Waals surface area contributed by atoms with Crippen LogP contribution in [0.4, 0.5) is 5.82 Å². The van der Waals surface area contributed by atoms with E-state index in [4.69, 9.17) is 0 Å². The van der Waals surface area contributed by atoms with E-state index in [0.717, 1.165) is 29.9 Å². The fraction of sp³-hybridized carbons (Fsp3) is 0.706. The summed E-state index contributed by atoms with van der Waals surface area (Å²) in [5, 5.41) is 16.4. The molecule has 2 aliphatic rings. The molecule has 0 bridgehead atoms. The summed E-state index contributed by atoms with van der Waals surface area (Å²) in [5.74, 6) is 1.76. The first-order valence-electron chi connectivity index (χ1n) is 8.99. The van der Waals surface area contributed by atoms with Crippen LogP contribution in [0.1, 0.15) is 50.8 Å². The van der Waals surface area contributed by atoms with Crippen molar-refractivity contribution >= 4 is 11.5 Å². The topological polar surface area (TPSA) is 58.4 Å². The normalized spacial score (nSPS) is 24.1. The summed E-state index contributed by atoms with van der Waals surface area (Å²) in [6.45, 7) is 4.34. The number of likely N-dealkylation sites (tertiary alicyclic amines) is 1. The van der Waals surface area contributed by atoms with Crippen molar-refractivity contribution in [2.45, 2.75) is 64.0 Å². The molecule has 6 heteroatoms. The van der Waals surface area contributed by atoms with Crippen LogP contribution in [0.3, 0.4) is 0 Å². The first-order valence-corrected chi connectivity index (χ1v) is 8.99. The average Bonchev–Trinajstić information content (AvgIpc) is 2.97. The van der Waals surface area contributed by atoms with Crippen molar-refractivity contribution in [3.8, 4) is 0 Å². The summed E-state index contributed by atoms with van der Waals surface area (Å²) >= 11 is 0. The summed E-state index contributed by atoms with van der Waals surface area (Å²) in [6.07, 6.45) is 9.52. The highest BCUT2D eigenvalue weighted by molar-refractivity contribution is 5.44. The van der Waals surface area contributed by atoms with Gasteiger partial charge in [-0.2, -0.15) is 4.52 Å². The van der Waals surface area contributed by atoms with Crippen LogP contribution in [0.2, 0.25) is 0 Å². The minimum atomic E-state index is 0.493. The maximum absolute atomic E-state index is 4.63. The smallest absolute Gasteiger partial charge is 0.178 e. The van der Waals surface area contributed by atoms with Gasteiger partial charge in [0, 0.05) is 18.6 Å². The van der Waals surface area contributed by atoms with E-state index >= 15 is 0 Å². The van der Waals surface area contributed by atoms with Crippen LogP contribution < -0.4 is 5.32 Å². The lowest BCUT2D eigenvalue weighted by molar-refractivity contribution is 0.124. The lowest BCUT2D eigenvalue weighted by Crippen LogP contribution is -2.47. The highest BCUT2D eigenvalue weighted by Gasteiger charge is 2.27. The van der Waals surface area contributed by atoms with Gasteiger partial charge < -0.3 is 5.32 Å². The molecular weight excluding hydrogens is 288 g/mol. The van der Waals surface area contributed by atoms with Gasteiger partial charge in [0.15, 0.2) is 11.5 Å². The van der Waals surface area contributed by atoms with Gasteiger partial charge in [0.1, 0.15) is 5.82 Å². The molecule has 1 N–H and O–H groups in total. The second-order valence-electron chi connectivity index (χ2n) is 7.01. The van der Waals surface area contributed by atoms with Gasteiger partial charge >= 0.3 is 0 Å². The molecule has 23 heavy (non-hydrogen) atoms. The van der Waals surface area contributed by atoms with Crippen molar-refractivity contribution in [2.24, 2.45) is 0 Å². The van der Waals surface area contributed by atoms with Gasteiger partial charge in [-0.1, -0.05) is 19.3 Å². The third kappa shape index (κ3) is 3.17. The van der Waals surface area contributed by atoms with Crippen molar-refractivity contribution in [3.05, 3.63) is 18.0 Å². The molecule has 4 rings (SSSR count). The molecule has 2 aromatic heterocycles. The molecule has 1 aliphatic heterocycles. The number of nitrogens with one attached hydrogen (secondary N) is 1. The molecule has 1 saturated carbocycles. The second kappa shape index (κ2) is 6.43. The fourth-order valence-corrected chi connectivity index (χ4v) is 4.08. The van der Waals surface area contributed by atoms with Gasteiger partial charge in [0.05, 0.1) is 0 Å². The molecular formula is C17H26N6. The summed E-state index contributed by atoms with van der Waals surface area (Å²) in [4.78, 5) is 2.71.